The summed E-state index contributed by atoms with van der Waals surface area (Å²) in [5.41, 5.74) is 12.5. The Morgan fingerprint density at radius 1 is 1.41 bits per heavy atom. The number of rotatable bonds is 3. The molecule has 0 aromatic heterocycles. The van der Waals surface area contributed by atoms with Crippen LogP contribution in [0, 0.1) is 0 Å². The molecule has 0 saturated heterocycles. The predicted octanol–water partition coefficient (Wildman–Crippen LogP) is 3.61. The number of halogens is 3. The number of anilines is 1. The Bertz CT molecular complexity index is 473. The van der Waals surface area contributed by atoms with Crippen LogP contribution in [-0.2, 0) is 6.18 Å². The van der Waals surface area contributed by atoms with Gasteiger partial charge in [0.05, 0.1) is 5.56 Å². The van der Waals surface area contributed by atoms with Crippen LogP contribution in [0.15, 0.2) is 29.4 Å². The summed E-state index contributed by atoms with van der Waals surface area (Å²) < 4.78 is 37.9. The van der Waals surface area contributed by atoms with Crippen LogP contribution < -0.4 is 5.73 Å². The second kappa shape index (κ2) is 5.27. The lowest BCUT2D eigenvalue weighted by Crippen LogP contribution is -2.08. The molecule has 2 N–H and O–H groups in total. The van der Waals surface area contributed by atoms with Gasteiger partial charge < -0.3 is 5.73 Å². The van der Waals surface area contributed by atoms with E-state index in [1.165, 1.54) is 24.3 Å². The number of hydrogen-bond acceptors (Lipinski definition) is 2. The van der Waals surface area contributed by atoms with E-state index in [2.05, 4.69) is 10.0 Å². The van der Waals surface area contributed by atoms with Gasteiger partial charge in [0.1, 0.15) is 0 Å². The molecule has 0 atom stereocenters. The molecule has 7 heteroatoms. The summed E-state index contributed by atoms with van der Waals surface area (Å²) in [5, 5.41) is 3.18. The molecule has 0 amide bonds. The summed E-state index contributed by atoms with van der Waals surface area (Å²) >= 11 is 0. The first kappa shape index (κ1) is 12.9. The fourth-order valence-corrected chi connectivity index (χ4v) is 1.23. The Hall–Kier alpha value is -2.14. The van der Waals surface area contributed by atoms with Gasteiger partial charge in [-0.3, -0.25) is 0 Å². The second-order valence-corrected chi connectivity index (χ2v) is 3.16. The van der Waals surface area contributed by atoms with Crippen LogP contribution in [0.25, 0.3) is 16.5 Å². The molecule has 0 aliphatic rings. The molecule has 1 aromatic rings. The Labute approximate surface area is 95.2 Å². The zero-order valence-electron chi connectivity index (χ0n) is 8.65. The van der Waals surface area contributed by atoms with Gasteiger partial charge in [-0.1, -0.05) is 23.3 Å². The highest BCUT2D eigenvalue weighted by Crippen LogP contribution is 2.33. The third-order valence-corrected chi connectivity index (χ3v) is 1.93. The van der Waals surface area contributed by atoms with Crippen LogP contribution in [0.1, 0.15) is 11.1 Å². The van der Waals surface area contributed by atoms with Crippen LogP contribution in [0.4, 0.5) is 18.9 Å². The molecule has 0 fully saturated rings. The quantitative estimate of drug-likeness (QED) is 0.374. The molecule has 1 rings (SSSR count). The topological polar surface area (TPSA) is 74.8 Å². The lowest BCUT2D eigenvalue weighted by molar-refractivity contribution is -0.137. The molecule has 0 radical (unpaired) electrons. The van der Waals surface area contributed by atoms with Gasteiger partial charge in [-0.05, 0) is 23.2 Å². The molecule has 17 heavy (non-hydrogen) atoms. The van der Waals surface area contributed by atoms with Crippen molar-refractivity contribution in [2.45, 2.75) is 6.18 Å². The van der Waals surface area contributed by atoms with Crippen LogP contribution in [0.3, 0.4) is 0 Å². The van der Waals surface area contributed by atoms with Crippen molar-refractivity contribution in [2.24, 2.45) is 5.11 Å². The van der Waals surface area contributed by atoms with E-state index in [-0.39, 0.29) is 17.8 Å². The van der Waals surface area contributed by atoms with Gasteiger partial charge in [-0.25, -0.2) is 0 Å². The molecule has 1 aromatic carbocycles. The van der Waals surface area contributed by atoms with E-state index in [9.17, 15) is 13.2 Å². The molecule has 0 aliphatic carbocycles. The van der Waals surface area contributed by atoms with Crippen molar-refractivity contribution < 1.29 is 13.2 Å². The van der Waals surface area contributed by atoms with Gasteiger partial charge in [0.2, 0.25) is 0 Å². The summed E-state index contributed by atoms with van der Waals surface area (Å²) in [4.78, 5) is 2.48. The first-order valence-corrected chi connectivity index (χ1v) is 4.59. The van der Waals surface area contributed by atoms with Gasteiger partial charge >= 0.3 is 6.18 Å². The average molecular weight is 242 g/mol. The van der Waals surface area contributed by atoms with Gasteiger partial charge in [0.15, 0.2) is 0 Å². The summed E-state index contributed by atoms with van der Waals surface area (Å²) in [5.74, 6) is 0. The van der Waals surface area contributed by atoms with Crippen molar-refractivity contribution in [3.8, 4) is 0 Å². The fourth-order valence-electron chi connectivity index (χ4n) is 1.23. The maximum atomic E-state index is 12.6. The Morgan fingerprint density at radius 3 is 2.71 bits per heavy atom. The molecule has 0 heterocycles. The summed E-state index contributed by atoms with van der Waals surface area (Å²) in [7, 11) is 0. The Kier molecular flexibility index (Phi) is 4.01. The van der Waals surface area contributed by atoms with Crippen molar-refractivity contribution in [1.29, 1.82) is 0 Å². The van der Waals surface area contributed by atoms with Crippen molar-refractivity contribution >= 4 is 11.8 Å². The molecule has 0 saturated carbocycles. The number of nitrogens with zero attached hydrogens (tertiary/aromatic N) is 3. The minimum atomic E-state index is -4.46. The molecule has 0 unspecified atom stereocenters. The van der Waals surface area contributed by atoms with Gasteiger partial charge in [-0.2, -0.15) is 13.2 Å². The number of benzene rings is 1. The normalized spacial score (nSPS) is 11.5. The van der Waals surface area contributed by atoms with Crippen molar-refractivity contribution in [2.75, 3.05) is 12.3 Å². The summed E-state index contributed by atoms with van der Waals surface area (Å²) in [6.07, 6.45) is -1.87. The zero-order chi connectivity index (χ0) is 12.9. The molecular formula is C10H9F3N4. The molecular weight excluding hydrogens is 233 g/mol. The molecule has 90 valence electrons. The average Bonchev–Trinajstić information content (AvgIpc) is 2.25. The van der Waals surface area contributed by atoms with E-state index < -0.39 is 11.7 Å². The number of nitrogen functional groups attached to an aromatic ring is 1. The fraction of sp³-hybridized carbons (Fsp3) is 0.200. The predicted molar refractivity (Wildman–Crippen MR) is 58.9 cm³/mol. The third kappa shape index (κ3) is 3.73. The molecule has 0 bridgehead atoms. The van der Waals surface area contributed by atoms with E-state index in [0.717, 1.165) is 6.07 Å². The highest BCUT2D eigenvalue weighted by Gasteiger charge is 2.32. The monoisotopic (exact) mass is 242 g/mol. The number of nitrogens with two attached hydrogens (primary N) is 1. The Balaban J connectivity index is 3.07. The standard InChI is InChI=1S/C10H9F3N4/c11-10(12,13)9-6-8(14)4-3-7(9)2-1-5-16-17-15/h1-4,6H,5,14H2. The van der Waals surface area contributed by atoms with E-state index in [0.29, 0.717) is 0 Å². The van der Waals surface area contributed by atoms with Crippen LogP contribution in [0.5, 0.6) is 0 Å². The van der Waals surface area contributed by atoms with E-state index in [1.807, 2.05) is 0 Å². The van der Waals surface area contributed by atoms with Crippen molar-refractivity contribution in [3.63, 3.8) is 0 Å². The third-order valence-electron chi connectivity index (χ3n) is 1.93. The maximum Gasteiger partial charge on any atom is 0.417 e. The van der Waals surface area contributed by atoms with E-state index in [1.54, 1.807) is 0 Å². The number of alkyl halides is 3. The number of azide groups is 1. The van der Waals surface area contributed by atoms with Crippen molar-refractivity contribution in [3.05, 3.63) is 45.8 Å². The first-order chi connectivity index (χ1) is 7.95. The highest BCUT2D eigenvalue weighted by atomic mass is 19.4. The first-order valence-electron chi connectivity index (χ1n) is 4.59. The zero-order valence-corrected chi connectivity index (χ0v) is 8.65. The minimum absolute atomic E-state index is 0.00181. The van der Waals surface area contributed by atoms with Gasteiger partial charge in [0, 0.05) is 17.1 Å². The summed E-state index contributed by atoms with van der Waals surface area (Å²) in [6, 6.07) is 3.51. The van der Waals surface area contributed by atoms with E-state index in [4.69, 9.17) is 11.3 Å². The smallest absolute Gasteiger partial charge is 0.399 e. The van der Waals surface area contributed by atoms with E-state index >= 15 is 0 Å². The van der Waals surface area contributed by atoms with Crippen molar-refractivity contribution in [1.82, 2.24) is 0 Å². The molecule has 4 nitrogen and oxygen atoms in total. The van der Waals surface area contributed by atoms with Crippen LogP contribution in [0.2, 0.25) is 0 Å². The lowest BCUT2D eigenvalue weighted by Gasteiger charge is -2.10. The SMILES string of the molecule is [N-]=[N+]=NCC=Cc1ccc(N)cc1C(F)(F)F. The maximum absolute atomic E-state index is 12.6. The minimum Gasteiger partial charge on any atom is -0.399 e. The van der Waals surface area contributed by atoms with Gasteiger partial charge in [-0.15, -0.1) is 0 Å². The van der Waals surface area contributed by atoms with Crippen LogP contribution in [-0.4, -0.2) is 6.54 Å². The highest BCUT2D eigenvalue weighted by molar-refractivity contribution is 5.59. The lowest BCUT2D eigenvalue weighted by atomic mass is 10.1. The van der Waals surface area contributed by atoms with Crippen LogP contribution >= 0.6 is 0 Å². The number of hydrogen-bond donors (Lipinski definition) is 1. The largest absolute Gasteiger partial charge is 0.417 e. The Morgan fingerprint density at radius 2 is 2.12 bits per heavy atom. The van der Waals surface area contributed by atoms with Gasteiger partial charge in [0.25, 0.3) is 0 Å². The molecule has 0 spiro atoms. The molecule has 0 aliphatic heterocycles. The second-order valence-electron chi connectivity index (χ2n) is 3.16. The summed E-state index contributed by atoms with van der Waals surface area (Å²) in [6.45, 7) is -0.00181.